The smallest absolute Gasteiger partial charge is 0.347 e. The molecule has 0 atom stereocenters. The molecular formula is C56H41NO6. The lowest BCUT2D eigenvalue weighted by atomic mass is 9.80. The van der Waals surface area contributed by atoms with Gasteiger partial charge in [-0.15, -0.1) is 0 Å². The van der Waals surface area contributed by atoms with Gasteiger partial charge in [-0.25, -0.2) is 19.2 Å². The molecule has 0 N–H and O–H groups in total. The van der Waals surface area contributed by atoms with Gasteiger partial charge in [-0.2, -0.15) is 0 Å². The van der Waals surface area contributed by atoms with E-state index in [-0.39, 0.29) is 10.8 Å². The molecule has 306 valence electrons. The molecule has 0 aromatic heterocycles. The minimum atomic E-state index is -0.718. The number of carbonyl (C=O) groups is 4. The molecule has 9 aromatic rings. The number of esters is 4. The van der Waals surface area contributed by atoms with Crippen molar-refractivity contribution < 1.29 is 28.7 Å². The molecule has 11 rings (SSSR count). The van der Waals surface area contributed by atoms with E-state index in [1.165, 1.54) is 11.1 Å². The Morgan fingerprint density at radius 2 is 0.746 bits per heavy atom. The van der Waals surface area contributed by atoms with E-state index in [1.54, 1.807) is 12.1 Å². The van der Waals surface area contributed by atoms with Crippen molar-refractivity contribution in [3.8, 4) is 22.3 Å². The Bertz CT molecular complexity index is 3390. The third-order valence-electron chi connectivity index (χ3n) is 12.9. The SMILES string of the molecule is CC(C)(C)c1ccc(N(c2ccc(-c3cc4c5ccc6c7c(c(-c8ccccc8)cc(c8ccc9c(c3C(=O)OC9=O)c84)c75)C(=O)OC6=O)cc2)c2ccc(C(C)(C)C)cc2)cc1. The van der Waals surface area contributed by atoms with Gasteiger partial charge in [-0.05, 0) is 137 Å². The summed E-state index contributed by atoms with van der Waals surface area (Å²) in [4.78, 5) is 57.0. The number of rotatable bonds is 5. The van der Waals surface area contributed by atoms with Gasteiger partial charge in [-0.3, -0.25) is 0 Å². The van der Waals surface area contributed by atoms with Crippen LogP contribution >= 0.6 is 0 Å². The third-order valence-corrected chi connectivity index (χ3v) is 12.9. The van der Waals surface area contributed by atoms with Crippen molar-refractivity contribution in [3.63, 3.8) is 0 Å². The van der Waals surface area contributed by atoms with E-state index in [2.05, 4.69) is 95.0 Å². The lowest BCUT2D eigenvalue weighted by molar-refractivity contribution is 0.0373. The summed E-state index contributed by atoms with van der Waals surface area (Å²) >= 11 is 0. The molecular weight excluding hydrogens is 783 g/mol. The van der Waals surface area contributed by atoms with Gasteiger partial charge in [0.05, 0.1) is 22.3 Å². The number of ether oxygens (including phenoxy) is 2. The molecule has 2 aliphatic rings. The van der Waals surface area contributed by atoms with Crippen molar-refractivity contribution in [3.05, 3.63) is 173 Å². The number of nitrogens with zero attached hydrogens (tertiary/aromatic N) is 1. The summed E-state index contributed by atoms with van der Waals surface area (Å²) in [7, 11) is 0. The highest BCUT2D eigenvalue weighted by atomic mass is 16.6. The molecule has 0 fully saturated rings. The van der Waals surface area contributed by atoms with E-state index in [9.17, 15) is 19.2 Å². The third kappa shape index (κ3) is 5.80. The maximum Gasteiger partial charge on any atom is 0.347 e. The number of fused-ring (bicyclic) bond motifs is 2. The number of anilines is 3. The molecule has 2 heterocycles. The predicted octanol–water partition coefficient (Wildman–Crippen LogP) is 13.8. The standard InChI is InChI=1S/C56H41NO6/c1-55(2,3)32-14-20-35(21-15-32)57(36-22-16-33(17-23-36)56(4,5)6)34-18-12-31(13-19-34)42-29-44-38-25-26-39-47-45(38)43(37-24-27-40-48(46(37)44)50(42)54(61)63-52(40)59)28-41(30-10-8-7-9-11-30)49(47)53(60)62-51(39)58/h7-29H,1-6H3. The molecule has 2 aliphatic heterocycles. The second-order valence-electron chi connectivity index (χ2n) is 18.7. The van der Waals surface area contributed by atoms with E-state index in [4.69, 9.17) is 9.47 Å². The summed E-state index contributed by atoms with van der Waals surface area (Å²) in [5, 5.41) is 5.62. The van der Waals surface area contributed by atoms with Crippen LogP contribution < -0.4 is 4.90 Å². The van der Waals surface area contributed by atoms with Crippen LogP contribution in [0.4, 0.5) is 17.1 Å². The molecule has 7 heteroatoms. The Hall–Kier alpha value is -7.64. The van der Waals surface area contributed by atoms with Crippen LogP contribution in [-0.4, -0.2) is 23.9 Å². The van der Waals surface area contributed by atoms with Gasteiger partial charge in [0.2, 0.25) is 0 Å². The van der Waals surface area contributed by atoms with Crippen molar-refractivity contribution in [2.24, 2.45) is 0 Å². The van der Waals surface area contributed by atoms with Crippen LogP contribution in [0, 0.1) is 0 Å². The topological polar surface area (TPSA) is 90.0 Å². The van der Waals surface area contributed by atoms with E-state index >= 15 is 0 Å². The number of hydrogen-bond donors (Lipinski definition) is 0. The van der Waals surface area contributed by atoms with E-state index in [0.29, 0.717) is 44.2 Å². The minimum absolute atomic E-state index is 0.00667. The van der Waals surface area contributed by atoms with Crippen LogP contribution in [0.25, 0.3) is 65.3 Å². The van der Waals surface area contributed by atoms with E-state index in [1.807, 2.05) is 78.9 Å². The zero-order valence-electron chi connectivity index (χ0n) is 35.7. The van der Waals surface area contributed by atoms with Gasteiger partial charge in [0.15, 0.2) is 0 Å². The number of benzene rings is 9. The highest BCUT2D eigenvalue weighted by Gasteiger charge is 2.36. The molecule has 0 unspecified atom stereocenters. The van der Waals surface area contributed by atoms with Crippen molar-refractivity contribution in [1.29, 1.82) is 0 Å². The number of hydrogen-bond acceptors (Lipinski definition) is 7. The van der Waals surface area contributed by atoms with Gasteiger partial charge in [-0.1, -0.05) is 120 Å². The molecule has 0 aliphatic carbocycles. The molecule has 0 saturated carbocycles. The normalized spacial score (nSPS) is 13.9. The summed E-state index contributed by atoms with van der Waals surface area (Å²) in [5.74, 6) is -2.84. The van der Waals surface area contributed by atoms with E-state index < -0.39 is 23.9 Å². The zero-order chi connectivity index (χ0) is 43.7. The quantitative estimate of drug-likeness (QED) is 0.0739. The Morgan fingerprint density at radius 3 is 1.14 bits per heavy atom. The van der Waals surface area contributed by atoms with Crippen molar-refractivity contribution in [2.75, 3.05) is 4.90 Å². The average Bonchev–Trinajstić information content (AvgIpc) is 3.27. The first-order valence-electron chi connectivity index (χ1n) is 21.2. The van der Waals surface area contributed by atoms with Crippen LogP contribution in [0.1, 0.15) is 94.1 Å². The van der Waals surface area contributed by atoms with Gasteiger partial charge in [0, 0.05) is 27.8 Å². The van der Waals surface area contributed by atoms with Crippen LogP contribution in [0.2, 0.25) is 0 Å². The van der Waals surface area contributed by atoms with Crippen LogP contribution in [0.15, 0.2) is 140 Å². The fourth-order valence-electron chi connectivity index (χ4n) is 9.68. The molecule has 63 heavy (non-hydrogen) atoms. The average molecular weight is 824 g/mol. The largest absolute Gasteiger partial charge is 0.386 e. The Morgan fingerprint density at radius 1 is 0.365 bits per heavy atom. The molecule has 7 nitrogen and oxygen atoms in total. The molecule has 0 saturated heterocycles. The Labute approximate surface area is 363 Å². The maximum absolute atomic E-state index is 14.1. The van der Waals surface area contributed by atoms with Crippen molar-refractivity contribution >= 4 is 84.0 Å². The summed E-state index contributed by atoms with van der Waals surface area (Å²) in [6, 6.07) is 46.1. The summed E-state index contributed by atoms with van der Waals surface area (Å²) in [6.45, 7) is 13.2. The summed E-state index contributed by atoms with van der Waals surface area (Å²) in [5.41, 5.74) is 9.36. The molecule has 9 aromatic carbocycles. The summed E-state index contributed by atoms with van der Waals surface area (Å²) in [6.07, 6.45) is 0. The molecule has 0 spiro atoms. The second kappa shape index (κ2) is 13.4. The lowest BCUT2D eigenvalue weighted by Crippen LogP contribution is -2.21. The van der Waals surface area contributed by atoms with Gasteiger partial charge < -0.3 is 14.4 Å². The first kappa shape index (κ1) is 38.3. The Balaban J connectivity index is 1.15. The monoisotopic (exact) mass is 823 g/mol. The van der Waals surface area contributed by atoms with Gasteiger partial charge in [0.1, 0.15) is 0 Å². The lowest BCUT2D eigenvalue weighted by Gasteiger charge is -2.28. The molecule has 0 radical (unpaired) electrons. The zero-order valence-corrected chi connectivity index (χ0v) is 35.7. The highest BCUT2D eigenvalue weighted by Crippen LogP contribution is 2.50. The van der Waals surface area contributed by atoms with Gasteiger partial charge >= 0.3 is 23.9 Å². The summed E-state index contributed by atoms with van der Waals surface area (Å²) < 4.78 is 10.8. The van der Waals surface area contributed by atoms with Crippen LogP contribution in [0.5, 0.6) is 0 Å². The maximum atomic E-state index is 14.1. The molecule has 0 bridgehead atoms. The Kier molecular flexibility index (Phi) is 8.16. The first-order valence-corrected chi connectivity index (χ1v) is 21.2. The van der Waals surface area contributed by atoms with Gasteiger partial charge in [0.25, 0.3) is 0 Å². The fourth-order valence-corrected chi connectivity index (χ4v) is 9.68. The van der Waals surface area contributed by atoms with Crippen molar-refractivity contribution in [2.45, 2.75) is 52.4 Å². The highest BCUT2D eigenvalue weighted by molar-refractivity contribution is 6.41. The van der Waals surface area contributed by atoms with Crippen molar-refractivity contribution in [1.82, 2.24) is 0 Å². The predicted molar refractivity (Wildman–Crippen MR) is 250 cm³/mol. The van der Waals surface area contributed by atoms with Crippen LogP contribution in [-0.2, 0) is 20.3 Å². The number of carbonyl (C=O) groups excluding carboxylic acids is 4. The first-order chi connectivity index (χ1) is 30.2. The van der Waals surface area contributed by atoms with Crippen LogP contribution in [0.3, 0.4) is 0 Å². The number of cyclic esters (lactones) is 4. The molecule has 0 amide bonds. The minimum Gasteiger partial charge on any atom is -0.386 e. The fraction of sp³-hybridized carbons (Fsp3) is 0.143. The second-order valence-corrected chi connectivity index (χ2v) is 18.7. The van der Waals surface area contributed by atoms with E-state index in [0.717, 1.165) is 60.5 Å².